The molecule has 2 rings (SSSR count). The lowest BCUT2D eigenvalue weighted by Gasteiger charge is -2.13. The fraction of sp³-hybridized carbons (Fsp3) is 0.188. The van der Waals surface area contributed by atoms with Crippen molar-refractivity contribution in [3.8, 4) is 5.75 Å². The molecule has 0 fully saturated rings. The minimum Gasteiger partial charge on any atom is -0.494 e. The van der Waals surface area contributed by atoms with Gasteiger partial charge in [-0.25, -0.2) is 4.79 Å². The summed E-state index contributed by atoms with van der Waals surface area (Å²) in [5.74, 6) is -0.507. The van der Waals surface area contributed by atoms with Gasteiger partial charge >= 0.3 is 5.97 Å². The first-order chi connectivity index (χ1) is 10.4. The van der Waals surface area contributed by atoms with Crippen molar-refractivity contribution >= 4 is 34.9 Å². The highest BCUT2D eigenvalue weighted by Gasteiger charge is 2.11. The molecule has 6 heteroatoms. The van der Waals surface area contributed by atoms with E-state index in [0.29, 0.717) is 27.9 Å². The Kier molecular flexibility index (Phi) is 5.16. The summed E-state index contributed by atoms with van der Waals surface area (Å²) in [6, 6.07) is 8.62. The van der Waals surface area contributed by atoms with Crippen molar-refractivity contribution < 1.29 is 14.6 Å². The Morgan fingerprint density at radius 3 is 2.45 bits per heavy atom. The molecule has 0 spiro atoms. The van der Waals surface area contributed by atoms with Crippen molar-refractivity contribution in [1.82, 2.24) is 0 Å². The summed E-state index contributed by atoms with van der Waals surface area (Å²) >= 11 is 12.2. The first kappa shape index (κ1) is 16.5. The highest BCUT2D eigenvalue weighted by molar-refractivity contribution is 6.37. The summed E-state index contributed by atoms with van der Waals surface area (Å²) in [4.78, 5) is 11.1. The molecule has 0 radical (unpaired) electrons. The maximum atomic E-state index is 11.1. The van der Waals surface area contributed by atoms with Gasteiger partial charge in [-0.1, -0.05) is 29.3 Å². The third-order valence-corrected chi connectivity index (χ3v) is 3.87. The zero-order valence-electron chi connectivity index (χ0n) is 12.1. The summed E-state index contributed by atoms with van der Waals surface area (Å²) in [6.07, 6.45) is 0. The van der Waals surface area contributed by atoms with E-state index < -0.39 is 5.97 Å². The van der Waals surface area contributed by atoms with Crippen molar-refractivity contribution in [2.24, 2.45) is 0 Å². The summed E-state index contributed by atoms with van der Waals surface area (Å²) in [6.45, 7) is 2.23. The average molecular weight is 340 g/mol. The summed E-state index contributed by atoms with van der Waals surface area (Å²) in [7, 11) is 1.51. The molecule has 116 valence electrons. The zero-order valence-corrected chi connectivity index (χ0v) is 13.6. The molecule has 0 unspecified atom stereocenters. The Labute approximate surface area is 138 Å². The normalized spacial score (nSPS) is 10.4. The third-order valence-electron chi connectivity index (χ3n) is 3.31. The lowest BCUT2D eigenvalue weighted by atomic mass is 10.1. The van der Waals surface area contributed by atoms with Gasteiger partial charge in [-0.05, 0) is 42.3 Å². The molecule has 0 atom stereocenters. The van der Waals surface area contributed by atoms with Gasteiger partial charge in [0.25, 0.3) is 0 Å². The van der Waals surface area contributed by atoms with Crippen LogP contribution in [0.2, 0.25) is 10.0 Å². The second kappa shape index (κ2) is 6.90. The molecule has 0 saturated heterocycles. The standard InChI is InChI=1S/C16H15Cl2NO3/c1-9-11(16(20)21)4-3-5-14(9)19-8-10-6-12(17)15(22-2)13(18)7-10/h3-7,19H,8H2,1-2H3,(H,20,21). The lowest BCUT2D eigenvalue weighted by molar-refractivity contribution is 0.0696. The highest BCUT2D eigenvalue weighted by Crippen LogP contribution is 2.34. The highest BCUT2D eigenvalue weighted by atomic mass is 35.5. The summed E-state index contributed by atoms with van der Waals surface area (Å²) in [5, 5.41) is 13.2. The molecule has 0 heterocycles. The molecule has 0 amide bonds. The van der Waals surface area contributed by atoms with Gasteiger partial charge in [-0.2, -0.15) is 0 Å². The van der Waals surface area contributed by atoms with Crippen LogP contribution in [0, 0.1) is 6.92 Å². The quantitative estimate of drug-likeness (QED) is 0.834. The number of rotatable bonds is 5. The number of hydrogen-bond acceptors (Lipinski definition) is 3. The average Bonchev–Trinajstić information content (AvgIpc) is 2.45. The molecular weight excluding hydrogens is 325 g/mol. The number of ether oxygens (including phenoxy) is 1. The first-order valence-corrected chi connectivity index (χ1v) is 7.28. The maximum absolute atomic E-state index is 11.1. The van der Waals surface area contributed by atoms with Crippen LogP contribution in [0.1, 0.15) is 21.5 Å². The number of nitrogens with one attached hydrogen (secondary N) is 1. The van der Waals surface area contributed by atoms with E-state index in [2.05, 4.69) is 5.32 Å². The topological polar surface area (TPSA) is 58.6 Å². The van der Waals surface area contributed by atoms with Gasteiger partial charge in [-0.15, -0.1) is 0 Å². The SMILES string of the molecule is COc1c(Cl)cc(CNc2cccc(C(=O)O)c2C)cc1Cl. The largest absolute Gasteiger partial charge is 0.494 e. The molecule has 22 heavy (non-hydrogen) atoms. The van der Waals surface area contributed by atoms with Gasteiger partial charge in [0.2, 0.25) is 0 Å². The van der Waals surface area contributed by atoms with Crippen molar-refractivity contribution in [1.29, 1.82) is 0 Å². The molecule has 0 aromatic heterocycles. The second-order valence-electron chi connectivity index (χ2n) is 4.73. The van der Waals surface area contributed by atoms with E-state index >= 15 is 0 Å². The van der Waals surface area contributed by atoms with Gasteiger partial charge in [0.1, 0.15) is 0 Å². The minimum absolute atomic E-state index is 0.274. The van der Waals surface area contributed by atoms with E-state index in [9.17, 15) is 4.79 Å². The predicted octanol–water partition coefficient (Wildman–Crippen LogP) is 4.62. The molecule has 2 N–H and O–H groups in total. The summed E-state index contributed by atoms with van der Waals surface area (Å²) < 4.78 is 5.11. The van der Waals surface area contributed by atoms with Crippen LogP contribution in [0.4, 0.5) is 5.69 Å². The fourth-order valence-electron chi connectivity index (χ4n) is 2.17. The van der Waals surface area contributed by atoms with Gasteiger partial charge in [0.05, 0.1) is 22.7 Å². The van der Waals surface area contributed by atoms with Crippen LogP contribution in [-0.2, 0) is 6.54 Å². The molecule has 0 aliphatic rings. The number of anilines is 1. The van der Waals surface area contributed by atoms with Gasteiger partial charge in [-0.3, -0.25) is 0 Å². The van der Waals surface area contributed by atoms with E-state index in [0.717, 1.165) is 11.3 Å². The van der Waals surface area contributed by atoms with Crippen LogP contribution in [0.25, 0.3) is 0 Å². The lowest BCUT2D eigenvalue weighted by Crippen LogP contribution is -2.06. The molecule has 0 saturated carbocycles. The molecule has 2 aromatic carbocycles. The number of methoxy groups -OCH3 is 1. The minimum atomic E-state index is -0.948. The number of hydrogen-bond donors (Lipinski definition) is 2. The monoisotopic (exact) mass is 339 g/mol. The second-order valence-corrected chi connectivity index (χ2v) is 5.54. The predicted molar refractivity (Wildman–Crippen MR) is 88.5 cm³/mol. The van der Waals surface area contributed by atoms with Crippen molar-refractivity contribution in [3.05, 3.63) is 57.1 Å². The van der Waals surface area contributed by atoms with Crippen LogP contribution in [0.5, 0.6) is 5.75 Å². The number of carboxylic acid groups (broad SMARTS) is 1. The van der Waals surface area contributed by atoms with E-state index in [1.807, 2.05) is 6.07 Å². The number of benzene rings is 2. The Hall–Kier alpha value is -1.91. The third kappa shape index (κ3) is 3.46. The van der Waals surface area contributed by atoms with Crippen LogP contribution in [0.15, 0.2) is 30.3 Å². The van der Waals surface area contributed by atoms with Crippen LogP contribution >= 0.6 is 23.2 Å². The first-order valence-electron chi connectivity index (χ1n) is 6.52. The van der Waals surface area contributed by atoms with E-state index in [4.69, 9.17) is 33.0 Å². The van der Waals surface area contributed by atoms with Crippen LogP contribution in [-0.4, -0.2) is 18.2 Å². The summed E-state index contributed by atoms with van der Waals surface area (Å²) in [5.41, 5.74) is 2.58. The van der Waals surface area contributed by atoms with Crippen molar-refractivity contribution in [3.63, 3.8) is 0 Å². The fourth-order valence-corrected chi connectivity index (χ4v) is 2.85. The van der Waals surface area contributed by atoms with Crippen molar-refractivity contribution in [2.75, 3.05) is 12.4 Å². The zero-order chi connectivity index (χ0) is 16.3. The Morgan fingerprint density at radius 1 is 1.27 bits per heavy atom. The maximum Gasteiger partial charge on any atom is 0.336 e. The van der Waals surface area contributed by atoms with Crippen LogP contribution in [0.3, 0.4) is 0 Å². The molecule has 2 aromatic rings. The van der Waals surface area contributed by atoms with Crippen LogP contribution < -0.4 is 10.1 Å². The molecule has 0 aliphatic carbocycles. The number of halogens is 2. The van der Waals surface area contributed by atoms with E-state index in [1.54, 1.807) is 31.2 Å². The number of carboxylic acids is 1. The molecule has 4 nitrogen and oxygen atoms in total. The smallest absolute Gasteiger partial charge is 0.336 e. The molecule has 0 aliphatic heterocycles. The van der Waals surface area contributed by atoms with Gasteiger partial charge in [0.15, 0.2) is 5.75 Å². The number of aromatic carboxylic acids is 1. The van der Waals surface area contributed by atoms with Crippen molar-refractivity contribution in [2.45, 2.75) is 13.5 Å². The van der Waals surface area contributed by atoms with E-state index in [1.165, 1.54) is 7.11 Å². The Morgan fingerprint density at radius 2 is 1.91 bits per heavy atom. The van der Waals surface area contributed by atoms with E-state index in [-0.39, 0.29) is 5.56 Å². The Bertz CT molecular complexity index is 694. The van der Waals surface area contributed by atoms with Gasteiger partial charge < -0.3 is 15.2 Å². The molecular formula is C16H15Cl2NO3. The number of carbonyl (C=O) groups is 1. The molecule has 0 bridgehead atoms. The van der Waals surface area contributed by atoms with Gasteiger partial charge in [0, 0.05) is 12.2 Å². The Balaban J connectivity index is 2.21.